The van der Waals surface area contributed by atoms with Crippen molar-refractivity contribution >= 4 is 34.0 Å². The summed E-state index contributed by atoms with van der Waals surface area (Å²) in [6, 6.07) is 13.6. The molecule has 0 spiro atoms. The van der Waals surface area contributed by atoms with Gasteiger partial charge in [-0.05, 0) is 60.7 Å². The van der Waals surface area contributed by atoms with Gasteiger partial charge < -0.3 is 10.1 Å². The predicted molar refractivity (Wildman–Crippen MR) is 95.1 cm³/mol. The van der Waals surface area contributed by atoms with E-state index < -0.39 is 6.36 Å². The summed E-state index contributed by atoms with van der Waals surface area (Å²) in [5.41, 5.74) is 2.19. The molecule has 2 aromatic carbocycles. The van der Waals surface area contributed by atoms with Crippen molar-refractivity contribution < 1.29 is 17.9 Å². The quantitative estimate of drug-likeness (QED) is 0.569. The second-order valence-electron chi connectivity index (χ2n) is 6.20. The minimum Gasteiger partial charge on any atom is -0.406 e. The summed E-state index contributed by atoms with van der Waals surface area (Å²) in [4.78, 5) is 4.52. The molecule has 26 heavy (non-hydrogen) atoms. The molecule has 1 aromatic heterocycles. The molecule has 1 aliphatic carbocycles. The number of alkyl halides is 3. The van der Waals surface area contributed by atoms with Gasteiger partial charge >= 0.3 is 6.36 Å². The zero-order chi connectivity index (χ0) is 18.3. The van der Waals surface area contributed by atoms with Crippen LogP contribution in [-0.2, 0) is 0 Å². The van der Waals surface area contributed by atoms with Crippen molar-refractivity contribution in [3.63, 3.8) is 0 Å². The molecule has 1 aliphatic rings. The fourth-order valence-corrected chi connectivity index (χ4v) is 3.13. The van der Waals surface area contributed by atoms with Gasteiger partial charge in [-0.2, -0.15) is 0 Å². The molecule has 0 atom stereocenters. The van der Waals surface area contributed by atoms with E-state index in [0.29, 0.717) is 16.4 Å². The van der Waals surface area contributed by atoms with E-state index in [0.717, 1.165) is 29.5 Å². The number of para-hydroxylation sites is 1. The molecule has 134 valence electrons. The molecule has 3 nitrogen and oxygen atoms in total. The van der Waals surface area contributed by atoms with E-state index >= 15 is 0 Å². The second kappa shape index (κ2) is 6.36. The Hall–Kier alpha value is -2.47. The standard InChI is InChI=1S/C19H14ClF3N2O/c20-15-3-1-2-12-6-9-17(25-18(12)15)24-16-8-7-13(26-19(21,22)23)10-14(16)11-4-5-11/h1-3,6-11H,4-5H2,(H,24,25). The van der Waals surface area contributed by atoms with Gasteiger partial charge in [0.25, 0.3) is 0 Å². The molecule has 1 N–H and O–H groups in total. The summed E-state index contributed by atoms with van der Waals surface area (Å²) < 4.78 is 41.4. The van der Waals surface area contributed by atoms with Crippen LogP contribution in [0.25, 0.3) is 10.9 Å². The van der Waals surface area contributed by atoms with Crippen LogP contribution in [0.2, 0.25) is 5.02 Å². The first-order chi connectivity index (χ1) is 12.4. The third-order valence-electron chi connectivity index (χ3n) is 4.21. The molecule has 7 heteroatoms. The highest BCUT2D eigenvalue weighted by Gasteiger charge is 2.32. The maximum atomic E-state index is 12.5. The minimum absolute atomic E-state index is 0.209. The van der Waals surface area contributed by atoms with Crippen LogP contribution in [0.1, 0.15) is 24.3 Å². The van der Waals surface area contributed by atoms with Crippen molar-refractivity contribution in [3.05, 3.63) is 59.1 Å². The lowest BCUT2D eigenvalue weighted by Gasteiger charge is -2.15. The zero-order valence-electron chi connectivity index (χ0n) is 13.5. The zero-order valence-corrected chi connectivity index (χ0v) is 14.2. The van der Waals surface area contributed by atoms with Crippen LogP contribution in [0, 0.1) is 0 Å². The van der Waals surface area contributed by atoms with Crippen LogP contribution in [0.5, 0.6) is 5.75 Å². The first-order valence-corrected chi connectivity index (χ1v) is 8.49. The lowest BCUT2D eigenvalue weighted by atomic mass is 10.1. The third kappa shape index (κ3) is 3.70. The van der Waals surface area contributed by atoms with E-state index in [9.17, 15) is 13.2 Å². The van der Waals surface area contributed by atoms with Crippen LogP contribution in [0.4, 0.5) is 24.7 Å². The molecule has 4 rings (SSSR count). The van der Waals surface area contributed by atoms with E-state index in [2.05, 4.69) is 15.0 Å². The number of hydrogen-bond donors (Lipinski definition) is 1. The van der Waals surface area contributed by atoms with Gasteiger partial charge in [0.15, 0.2) is 0 Å². The number of nitrogens with one attached hydrogen (secondary N) is 1. The van der Waals surface area contributed by atoms with Crippen molar-refractivity contribution in [2.75, 3.05) is 5.32 Å². The van der Waals surface area contributed by atoms with E-state index in [-0.39, 0.29) is 11.7 Å². The molecule has 3 aromatic rings. The number of anilines is 2. The van der Waals surface area contributed by atoms with Crippen LogP contribution in [0.15, 0.2) is 48.5 Å². The summed E-state index contributed by atoms with van der Waals surface area (Å²) in [7, 11) is 0. The van der Waals surface area contributed by atoms with Gasteiger partial charge in [-0.1, -0.05) is 23.7 Å². The van der Waals surface area contributed by atoms with E-state index in [1.165, 1.54) is 12.1 Å². The molecular weight excluding hydrogens is 365 g/mol. The fraction of sp³-hybridized carbons (Fsp3) is 0.211. The third-order valence-corrected chi connectivity index (χ3v) is 4.51. The Morgan fingerprint density at radius 3 is 2.62 bits per heavy atom. The van der Waals surface area contributed by atoms with Gasteiger partial charge in [0, 0.05) is 11.1 Å². The topological polar surface area (TPSA) is 34.1 Å². The van der Waals surface area contributed by atoms with Gasteiger partial charge in [0.05, 0.1) is 10.5 Å². The fourth-order valence-electron chi connectivity index (χ4n) is 2.90. The van der Waals surface area contributed by atoms with E-state index in [4.69, 9.17) is 11.6 Å². The van der Waals surface area contributed by atoms with Crippen LogP contribution in [0.3, 0.4) is 0 Å². The molecule has 0 aliphatic heterocycles. The normalized spacial score (nSPS) is 14.5. The van der Waals surface area contributed by atoms with Crippen LogP contribution >= 0.6 is 11.6 Å². The Bertz CT molecular complexity index is 971. The van der Waals surface area contributed by atoms with Gasteiger partial charge in [0.1, 0.15) is 11.6 Å². The highest BCUT2D eigenvalue weighted by Crippen LogP contribution is 2.45. The molecule has 0 saturated heterocycles. The van der Waals surface area contributed by atoms with Crippen molar-refractivity contribution in [1.82, 2.24) is 4.98 Å². The SMILES string of the molecule is FC(F)(F)Oc1ccc(Nc2ccc3cccc(Cl)c3n2)c(C2CC2)c1. The summed E-state index contributed by atoms with van der Waals surface area (Å²) in [6.45, 7) is 0. The average molecular weight is 379 g/mol. The van der Waals surface area contributed by atoms with Crippen molar-refractivity contribution in [1.29, 1.82) is 0 Å². The smallest absolute Gasteiger partial charge is 0.406 e. The molecule has 1 fully saturated rings. The first kappa shape index (κ1) is 17.0. The number of nitrogens with zero attached hydrogens (tertiary/aromatic N) is 1. The average Bonchev–Trinajstić information content (AvgIpc) is 3.40. The summed E-state index contributed by atoms with van der Waals surface area (Å²) in [5, 5.41) is 4.66. The lowest BCUT2D eigenvalue weighted by Crippen LogP contribution is -2.17. The largest absolute Gasteiger partial charge is 0.573 e. The molecular formula is C19H14ClF3N2O. The number of pyridine rings is 1. The van der Waals surface area contributed by atoms with Crippen molar-refractivity contribution in [2.24, 2.45) is 0 Å². The summed E-state index contributed by atoms with van der Waals surface area (Å²) in [5.74, 6) is 0.606. The Kier molecular flexibility index (Phi) is 4.15. The first-order valence-electron chi connectivity index (χ1n) is 8.11. The number of ether oxygens (including phenoxy) is 1. The van der Waals surface area contributed by atoms with E-state index in [1.54, 1.807) is 12.1 Å². The molecule has 1 heterocycles. The van der Waals surface area contributed by atoms with Gasteiger partial charge in [-0.3, -0.25) is 0 Å². The summed E-state index contributed by atoms with van der Waals surface area (Å²) >= 11 is 6.19. The number of aromatic nitrogens is 1. The Balaban J connectivity index is 1.66. The monoisotopic (exact) mass is 378 g/mol. The maximum absolute atomic E-state index is 12.5. The van der Waals surface area contributed by atoms with Crippen molar-refractivity contribution in [3.8, 4) is 5.75 Å². The number of fused-ring (bicyclic) bond motifs is 1. The number of halogens is 4. The number of hydrogen-bond acceptors (Lipinski definition) is 3. The van der Waals surface area contributed by atoms with E-state index in [1.807, 2.05) is 24.3 Å². The Morgan fingerprint density at radius 1 is 1.08 bits per heavy atom. The number of rotatable bonds is 4. The van der Waals surface area contributed by atoms with Crippen LogP contribution in [-0.4, -0.2) is 11.3 Å². The highest BCUT2D eigenvalue weighted by molar-refractivity contribution is 6.35. The summed E-state index contributed by atoms with van der Waals surface area (Å²) in [6.07, 6.45) is -2.81. The maximum Gasteiger partial charge on any atom is 0.573 e. The van der Waals surface area contributed by atoms with Gasteiger partial charge in [-0.25, -0.2) is 4.98 Å². The molecule has 1 saturated carbocycles. The molecule has 0 bridgehead atoms. The second-order valence-corrected chi connectivity index (χ2v) is 6.61. The van der Waals surface area contributed by atoms with Crippen molar-refractivity contribution in [2.45, 2.75) is 25.1 Å². The number of benzene rings is 2. The molecule has 0 unspecified atom stereocenters. The lowest BCUT2D eigenvalue weighted by molar-refractivity contribution is -0.274. The Morgan fingerprint density at radius 2 is 1.88 bits per heavy atom. The Labute approximate surface area is 152 Å². The minimum atomic E-state index is -4.70. The van der Waals surface area contributed by atoms with Crippen LogP contribution < -0.4 is 10.1 Å². The molecule has 0 radical (unpaired) electrons. The predicted octanol–water partition coefficient (Wildman–Crippen LogP) is 6.41. The highest BCUT2D eigenvalue weighted by atomic mass is 35.5. The molecule has 0 amide bonds. The van der Waals surface area contributed by atoms with Gasteiger partial charge in [0.2, 0.25) is 0 Å². The van der Waals surface area contributed by atoms with Gasteiger partial charge in [-0.15, -0.1) is 13.2 Å².